The third-order valence-electron chi connectivity index (χ3n) is 5.38. The molecular weight excluding hydrogens is 252 g/mol. The van der Waals surface area contributed by atoms with E-state index in [1.807, 2.05) is 35.2 Å². The quantitative estimate of drug-likeness (QED) is 0.895. The largest absolute Gasteiger partial charge is 0.445 e. The smallest absolute Gasteiger partial charge is 0.410 e. The summed E-state index contributed by atoms with van der Waals surface area (Å²) in [6.07, 6.45) is 2.16. The predicted octanol–water partition coefficient (Wildman–Crippen LogP) is 1.99. The maximum atomic E-state index is 12.1. The van der Waals surface area contributed by atoms with E-state index in [0.29, 0.717) is 18.4 Å². The van der Waals surface area contributed by atoms with Crippen molar-refractivity contribution in [2.45, 2.75) is 25.0 Å². The molecule has 106 valence electrons. The number of amides is 1. The summed E-state index contributed by atoms with van der Waals surface area (Å²) >= 11 is 0. The third kappa shape index (κ3) is 1.82. The fourth-order valence-corrected chi connectivity index (χ4v) is 4.17. The molecule has 3 aliphatic rings. The van der Waals surface area contributed by atoms with Gasteiger partial charge in [0.1, 0.15) is 6.61 Å². The molecule has 20 heavy (non-hydrogen) atoms. The van der Waals surface area contributed by atoms with E-state index < -0.39 is 0 Å². The molecule has 0 aromatic heterocycles. The predicted molar refractivity (Wildman–Crippen MR) is 74.8 cm³/mol. The molecule has 0 radical (unpaired) electrons. The first-order valence-corrected chi connectivity index (χ1v) is 7.41. The highest BCUT2D eigenvalue weighted by Gasteiger charge is 2.66. The Morgan fingerprint density at radius 1 is 1.35 bits per heavy atom. The van der Waals surface area contributed by atoms with Gasteiger partial charge < -0.3 is 15.4 Å². The molecule has 1 heterocycles. The van der Waals surface area contributed by atoms with Crippen LogP contribution in [0.3, 0.4) is 0 Å². The molecule has 4 nitrogen and oxygen atoms in total. The zero-order valence-corrected chi connectivity index (χ0v) is 11.5. The van der Waals surface area contributed by atoms with E-state index in [-0.39, 0.29) is 11.6 Å². The van der Waals surface area contributed by atoms with Gasteiger partial charge in [0.25, 0.3) is 0 Å². The van der Waals surface area contributed by atoms with Gasteiger partial charge in [0.15, 0.2) is 0 Å². The Morgan fingerprint density at radius 2 is 2.15 bits per heavy atom. The van der Waals surface area contributed by atoms with E-state index in [2.05, 4.69) is 0 Å². The Balaban J connectivity index is 1.34. The highest BCUT2D eigenvalue weighted by molar-refractivity contribution is 5.68. The fourth-order valence-electron chi connectivity index (χ4n) is 4.17. The van der Waals surface area contributed by atoms with Crippen LogP contribution in [0.1, 0.15) is 18.4 Å². The molecule has 1 aromatic carbocycles. The Labute approximate surface area is 118 Å². The fraction of sp³-hybridized carbons (Fsp3) is 0.562. The molecule has 2 aliphatic carbocycles. The first-order valence-electron chi connectivity index (χ1n) is 7.41. The molecule has 2 N–H and O–H groups in total. The van der Waals surface area contributed by atoms with E-state index in [1.165, 1.54) is 6.42 Å². The van der Waals surface area contributed by atoms with Crippen molar-refractivity contribution in [2.75, 3.05) is 13.1 Å². The van der Waals surface area contributed by atoms with Crippen LogP contribution in [0.4, 0.5) is 4.79 Å². The minimum atomic E-state index is -0.191. The van der Waals surface area contributed by atoms with Crippen LogP contribution in [-0.2, 0) is 11.3 Å². The average molecular weight is 272 g/mol. The molecule has 1 aromatic rings. The summed E-state index contributed by atoms with van der Waals surface area (Å²) in [5.74, 6) is 1.82. The van der Waals surface area contributed by atoms with E-state index >= 15 is 0 Å². The first-order chi connectivity index (χ1) is 9.67. The SMILES string of the molecule is NC12CC1CC1CN(C(=O)OCc3ccccc3)CC12. The molecule has 4 unspecified atom stereocenters. The second-order valence-electron chi connectivity index (χ2n) is 6.56. The van der Waals surface area contributed by atoms with Crippen molar-refractivity contribution in [3.05, 3.63) is 35.9 Å². The van der Waals surface area contributed by atoms with E-state index in [4.69, 9.17) is 10.5 Å². The lowest BCUT2D eigenvalue weighted by molar-refractivity contribution is 0.101. The summed E-state index contributed by atoms with van der Waals surface area (Å²) in [6.45, 7) is 1.96. The molecule has 4 rings (SSSR count). The zero-order chi connectivity index (χ0) is 13.7. The lowest BCUT2D eigenvalue weighted by Crippen LogP contribution is -2.37. The lowest BCUT2D eigenvalue weighted by Gasteiger charge is -2.19. The topological polar surface area (TPSA) is 55.6 Å². The number of nitrogens with two attached hydrogens (primary N) is 1. The Bertz CT molecular complexity index is 533. The van der Waals surface area contributed by atoms with Gasteiger partial charge in [-0.05, 0) is 36.2 Å². The van der Waals surface area contributed by atoms with E-state index in [9.17, 15) is 4.79 Å². The summed E-state index contributed by atoms with van der Waals surface area (Å²) in [7, 11) is 0. The summed E-state index contributed by atoms with van der Waals surface area (Å²) in [4.78, 5) is 14.0. The van der Waals surface area contributed by atoms with Crippen LogP contribution in [0.15, 0.2) is 30.3 Å². The highest BCUT2D eigenvalue weighted by Crippen LogP contribution is 2.61. The second kappa shape index (κ2) is 4.22. The molecule has 4 atom stereocenters. The van der Waals surface area contributed by atoms with Crippen LogP contribution >= 0.6 is 0 Å². The number of fused-ring (bicyclic) bond motifs is 3. The molecule has 1 saturated heterocycles. The lowest BCUT2D eigenvalue weighted by atomic mass is 9.92. The molecule has 0 bridgehead atoms. The van der Waals surface area contributed by atoms with Crippen LogP contribution in [0.5, 0.6) is 0 Å². The van der Waals surface area contributed by atoms with Crippen LogP contribution in [0.25, 0.3) is 0 Å². The number of hydrogen-bond acceptors (Lipinski definition) is 3. The van der Waals surface area contributed by atoms with Gasteiger partial charge in [-0.25, -0.2) is 4.79 Å². The third-order valence-corrected chi connectivity index (χ3v) is 5.38. The van der Waals surface area contributed by atoms with Gasteiger partial charge in [0.2, 0.25) is 0 Å². The van der Waals surface area contributed by atoms with Gasteiger partial charge in [0.05, 0.1) is 0 Å². The van der Waals surface area contributed by atoms with Gasteiger partial charge in [-0.1, -0.05) is 30.3 Å². The minimum Gasteiger partial charge on any atom is -0.445 e. The van der Waals surface area contributed by atoms with Crippen LogP contribution in [0, 0.1) is 17.8 Å². The molecular formula is C16H20N2O2. The number of benzene rings is 1. The van der Waals surface area contributed by atoms with Crippen molar-refractivity contribution in [3.63, 3.8) is 0 Å². The maximum Gasteiger partial charge on any atom is 0.410 e. The molecule has 1 amide bonds. The van der Waals surface area contributed by atoms with Crippen LogP contribution in [-0.4, -0.2) is 29.6 Å². The first kappa shape index (κ1) is 12.2. The molecule has 2 saturated carbocycles. The van der Waals surface area contributed by atoms with Gasteiger partial charge in [-0.2, -0.15) is 0 Å². The van der Waals surface area contributed by atoms with Gasteiger partial charge >= 0.3 is 6.09 Å². The summed E-state index contributed by atoms with van der Waals surface area (Å²) in [5, 5.41) is 0. The number of carbonyl (C=O) groups excluding carboxylic acids is 1. The second-order valence-corrected chi connectivity index (χ2v) is 6.56. The number of carbonyl (C=O) groups is 1. The van der Waals surface area contributed by atoms with Crippen molar-refractivity contribution >= 4 is 6.09 Å². The standard InChI is InChI=1S/C16H20N2O2/c17-16-7-13(16)6-12-8-18(9-14(12)16)15(19)20-10-11-4-2-1-3-5-11/h1-5,12-14H,6-10,17H2. The minimum absolute atomic E-state index is 0.0408. The summed E-state index contributed by atoms with van der Waals surface area (Å²) < 4.78 is 5.41. The Kier molecular flexibility index (Phi) is 2.58. The molecule has 4 heteroatoms. The maximum absolute atomic E-state index is 12.1. The van der Waals surface area contributed by atoms with Crippen molar-refractivity contribution in [2.24, 2.45) is 23.5 Å². The monoisotopic (exact) mass is 272 g/mol. The van der Waals surface area contributed by atoms with Crippen LogP contribution < -0.4 is 5.73 Å². The number of likely N-dealkylation sites (tertiary alicyclic amines) is 1. The Morgan fingerprint density at radius 3 is 2.90 bits per heavy atom. The van der Waals surface area contributed by atoms with Crippen molar-refractivity contribution < 1.29 is 9.53 Å². The number of rotatable bonds is 2. The number of hydrogen-bond donors (Lipinski definition) is 1. The molecule has 3 fully saturated rings. The van der Waals surface area contributed by atoms with Crippen LogP contribution in [0.2, 0.25) is 0 Å². The van der Waals surface area contributed by atoms with Crippen molar-refractivity contribution in [1.82, 2.24) is 4.90 Å². The Hall–Kier alpha value is -1.55. The van der Waals surface area contributed by atoms with E-state index in [1.54, 1.807) is 0 Å². The number of ether oxygens (including phenoxy) is 1. The van der Waals surface area contributed by atoms with E-state index in [0.717, 1.165) is 31.0 Å². The van der Waals surface area contributed by atoms with Gasteiger partial charge in [-0.15, -0.1) is 0 Å². The van der Waals surface area contributed by atoms with Crippen molar-refractivity contribution in [3.8, 4) is 0 Å². The normalized spacial score (nSPS) is 37.5. The highest BCUT2D eigenvalue weighted by atomic mass is 16.6. The zero-order valence-electron chi connectivity index (χ0n) is 11.5. The van der Waals surface area contributed by atoms with Gasteiger partial charge in [0, 0.05) is 18.6 Å². The molecule has 0 spiro atoms. The average Bonchev–Trinajstić information content (AvgIpc) is 2.84. The summed E-state index contributed by atoms with van der Waals surface area (Å²) in [5.41, 5.74) is 7.45. The molecule has 1 aliphatic heterocycles. The number of nitrogens with zero attached hydrogens (tertiary/aromatic N) is 1. The van der Waals surface area contributed by atoms with Crippen molar-refractivity contribution in [1.29, 1.82) is 0 Å². The van der Waals surface area contributed by atoms with Gasteiger partial charge in [-0.3, -0.25) is 0 Å². The summed E-state index contributed by atoms with van der Waals surface area (Å²) in [6, 6.07) is 9.80.